The number of fused-ring (bicyclic) bond motifs is 1. The van der Waals surface area contributed by atoms with Crippen LogP contribution in [0.5, 0.6) is 0 Å². The minimum atomic E-state index is -0.656. The minimum Gasteiger partial charge on any atom is -0.346 e. The van der Waals surface area contributed by atoms with Crippen LogP contribution >= 0.6 is 11.6 Å². The lowest BCUT2D eigenvalue weighted by Gasteiger charge is -2.08. The second-order valence-electron chi connectivity index (χ2n) is 6.88. The SMILES string of the molecule is Cn1cc(-c2ccccc2Cl)c2cc(C(=O)Nc3ccc(C(=O)NO)cc3)[nH]c2c1=O. The monoisotopic (exact) mass is 436 g/mol. The molecule has 8 nitrogen and oxygen atoms in total. The number of amides is 2. The molecule has 156 valence electrons. The van der Waals surface area contributed by atoms with E-state index in [4.69, 9.17) is 16.8 Å². The molecule has 0 aliphatic heterocycles. The van der Waals surface area contributed by atoms with Crippen molar-refractivity contribution in [3.63, 3.8) is 0 Å². The normalized spacial score (nSPS) is 10.8. The average Bonchev–Trinajstić information content (AvgIpc) is 3.23. The number of aryl methyl sites for hydroxylation is 1. The molecule has 0 atom stereocenters. The highest BCUT2D eigenvalue weighted by molar-refractivity contribution is 6.33. The van der Waals surface area contributed by atoms with Gasteiger partial charge in [0.15, 0.2) is 0 Å². The first-order valence-electron chi connectivity index (χ1n) is 9.22. The first kappa shape index (κ1) is 20.4. The number of rotatable bonds is 4. The number of carbonyl (C=O) groups is 2. The van der Waals surface area contributed by atoms with Crippen LogP contribution in [0.15, 0.2) is 65.6 Å². The van der Waals surface area contributed by atoms with Gasteiger partial charge in [-0.1, -0.05) is 29.8 Å². The summed E-state index contributed by atoms with van der Waals surface area (Å²) in [5.74, 6) is -1.11. The van der Waals surface area contributed by atoms with Crippen LogP contribution in [0.1, 0.15) is 20.8 Å². The Morgan fingerprint density at radius 1 is 1.03 bits per heavy atom. The molecule has 0 fully saturated rings. The summed E-state index contributed by atoms with van der Waals surface area (Å²) in [7, 11) is 1.63. The van der Waals surface area contributed by atoms with Crippen molar-refractivity contribution < 1.29 is 14.8 Å². The fraction of sp³-hybridized carbons (Fsp3) is 0.0455. The van der Waals surface area contributed by atoms with E-state index in [1.54, 1.807) is 30.9 Å². The molecule has 2 amide bonds. The average molecular weight is 437 g/mol. The lowest BCUT2D eigenvalue weighted by atomic mass is 10.0. The third-order valence-corrected chi connectivity index (χ3v) is 5.21. The smallest absolute Gasteiger partial charge is 0.274 e. The van der Waals surface area contributed by atoms with Crippen LogP contribution in [0.3, 0.4) is 0 Å². The molecule has 0 saturated heterocycles. The van der Waals surface area contributed by atoms with Gasteiger partial charge >= 0.3 is 0 Å². The first-order chi connectivity index (χ1) is 14.9. The van der Waals surface area contributed by atoms with E-state index >= 15 is 0 Å². The Balaban J connectivity index is 1.72. The Kier molecular flexibility index (Phi) is 5.33. The summed E-state index contributed by atoms with van der Waals surface area (Å²) in [5, 5.41) is 12.5. The lowest BCUT2D eigenvalue weighted by molar-refractivity contribution is 0.0706. The highest BCUT2D eigenvalue weighted by atomic mass is 35.5. The van der Waals surface area contributed by atoms with Gasteiger partial charge in [-0.15, -0.1) is 0 Å². The maximum atomic E-state index is 12.8. The topological polar surface area (TPSA) is 116 Å². The van der Waals surface area contributed by atoms with Gasteiger partial charge in [0.2, 0.25) is 0 Å². The molecule has 4 aromatic rings. The molecule has 9 heteroatoms. The van der Waals surface area contributed by atoms with Gasteiger partial charge in [-0.25, -0.2) is 5.48 Å². The number of aromatic nitrogens is 2. The lowest BCUT2D eigenvalue weighted by Crippen LogP contribution is -2.18. The largest absolute Gasteiger partial charge is 0.346 e. The van der Waals surface area contributed by atoms with E-state index in [0.717, 1.165) is 11.1 Å². The number of halogens is 1. The number of anilines is 1. The Morgan fingerprint density at radius 2 is 1.74 bits per heavy atom. The number of nitrogens with zero attached hydrogens (tertiary/aromatic N) is 1. The Labute approximate surface area is 181 Å². The molecule has 0 aliphatic rings. The van der Waals surface area contributed by atoms with E-state index < -0.39 is 11.8 Å². The maximum absolute atomic E-state index is 12.8. The van der Waals surface area contributed by atoms with Gasteiger partial charge in [-0.2, -0.15) is 0 Å². The van der Waals surface area contributed by atoms with Gasteiger partial charge in [-0.05, 0) is 36.4 Å². The number of hydrogen-bond donors (Lipinski definition) is 4. The number of hydrogen-bond acceptors (Lipinski definition) is 4. The molecule has 2 aromatic carbocycles. The zero-order valence-electron chi connectivity index (χ0n) is 16.3. The maximum Gasteiger partial charge on any atom is 0.274 e. The quantitative estimate of drug-likeness (QED) is 0.289. The molecule has 0 saturated carbocycles. The van der Waals surface area contributed by atoms with Crippen molar-refractivity contribution >= 4 is 40.0 Å². The van der Waals surface area contributed by atoms with Crippen LogP contribution in [-0.4, -0.2) is 26.6 Å². The first-order valence-corrected chi connectivity index (χ1v) is 9.60. The minimum absolute atomic E-state index is 0.198. The van der Waals surface area contributed by atoms with Crippen LogP contribution in [0.25, 0.3) is 22.0 Å². The predicted octanol–water partition coefficient (Wildman–Crippen LogP) is 3.56. The molecule has 4 N–H and O–H groups in total. The summed E-state index contributed by atoms with van der Waals surface area (Å²) in [6.45, 7) is 0. The molecule has 4 rings (SSSR count). The zero-order chi connectivity index (χ0) is 22.1. The summed E-state index contributed by atoms with van der Waals surface area (Å²) in [5.41, 5.74) is 3.90. The van der Waals surface area contributed by atoms with Crippen LogP contribution < -0.4 is 16.4 Å². The second-order valence-corrected chi connectivity index (χ2v) is 7.29. The van der Waals surface area contributed by atoms with Crippen molar-refractivity contribution in [2.45, 2.75) is 0 Å². The molecule has 0 spiro atoms. The Bertz CT molecular complexity index is 1370. The fourth-order valence-corrected chi connectivity index (χ4v) is 3.56. The number of hydroxylamine groups is 1. The Morgan fingerprint density at radius 3 is 2.42 bits per heavy atom. The molecule has 0 radical (unpaired) electrons. The van der Waals surface area contributed by atoms with E-state index in [-0.39, 0.29) is 16.8 Å². The van der Waals surface area contributed by atoms with Gasteiger partial charge in [0.25, 0.3) is 17.4 Å². The molecule has 0 bridgehead atoms. The number of carbonyl (C=O) groups excluding carboxylic acids is 2. The molecule has 0 unspecified atom stereocenters. The van der Waals surface area contributed by atoms with Crippen molar-refractivity contribution in [2.75, 3.05) is 5.32 Å². The van der Waals surface area contributed by atoms with Gasteiger partial charge in [0, 0.05) is 46.0 Å². The number of H-pyrrole nitrogens is 1. The molecular formula is C22H17ClN4O4. The van der Waals surface area contributed by atoms with E-state index in [1.807, 2.05) is 18.2 Å². The number of pyridine rings is 1. The molecule has 2 aromatic heterocycles. The summed E-state index contributed by atoms with van der Waals surface area (Å²) in [4.78, 5) is 39.7. The second kappa shape index (κ2) is 8.10. The van der Waals surface area contributed by atoms with Crippen molar-refractivity contribution in [3.05, 3.63) is 87.4 Å². The summed E-state index contributed by atoms with van der Waals surface area (Å²) in [6.07, 6.45) is 1.69. The standard InChI is InChI=1S/C22H17ClN4O4/c1-27-11-16(14-4-2-3-5-17(14)23)15-10-18(25-19(15)22(27)30)21(29)24-13-8-6-12(7-9-13)20(28)26-31/h2-11,25,31H,1H3,(H,24,29)(H,26,28). The predicted molar refractivity (Wildman–Crippen MR) is 118 cm³/mol. The molecule has 0 aliphatic carbocycles. The van der Waals surface area contributed by atoms with Crippen molar-refractivity contribution in [1.82, 2.24) is 15.0 Å². The fourth-order valence-electron chi connectivity index (χ4n) is 3.32. The van der Waals surface area contributed by atoms with Gasteiger partial charge in [0.05, 0.1) is 0 Å². The molecule has 2 heterocycles. The highest BCUT2D eigenvalue weighted by Gasteiger charge is 2.17. The van der Waals surface area contributed by atoms with Crippen LogP contribution in [-0.2, 0) is 7.05 Å². The van der Waals surface area contributed by atoms with Crippen molar-refractivity contribution in [2.24, 2.45) is 7.05 Å². The Hall–Kier alpha value is -3.88. The van der Waals surface area contributed by atoms with E-state index in [0.29, 0.717) is 21.6 Å². The van der Waals surface area contributed by atoms with E-state index in [9.17, 15) is 14.4 Å². The van der Waals surface area contributed by atoms with Gasteiger partial charge < -0.3 is 14.9 Å². The van der Waals surface area contributed by atoms with Gasteiger partial charge in [-0.3, -0.25) is 19.6 Å². The third-order valence-electron chi connectivity index (χ3n) is 4.88. The van der Waals surface area contributed by atoms with E-state index in [1.165, 1.54) is 28.8 Å². The van der Waals surface area contributed by atoms with Crippen LogP contribution in [0.4, 0.5) is 5.69 Å². The number of aromatic amines is 1. The molecule has 31 heavy (non-hydrogen) atoms. The van der Waals surface area contributed by atoms with Crippen molar-refractivity contribution in [1.29, 1.82) is 0 Å². The number of benzene rings is 2. The highest BCUT2D eigenvalue weighted by Crippen LogP contribution is 2.32. The summed E-state index contributed by atoms with van der Waals surface area (Å²) in [6, 6.07) is 14.8. The van der Waals surface area contributed by atoms with Crippen LogP contribution in [0.2, 0.25) is 5.02 Å². The van der Waals surface area contributed by atoms with Crippen LogP contribution in [0, 0.1) is 0 Å². The molecular weight excluding hydrogens is 420 g/mol. The summed E-state index contributed by atoms with van der Waals surface area (Å²) < 4.78 is 1.43. The zero-order valence-corrected chi connectivity index (χ0v) is 17.0. The van der Waals surface area contributed by atoms with Crippen molar-refractivity contribution in [3.8, 4) is 11.1 Å². The van der Waals surface area contributed by atoms with Gasteiger partial charge in [0.1, 0.15) is 11.2 Å². The third kappa shape index (κ3) is 3.81. The summed E-state index contributed by atoms with van der Waals surface area (Å²) >= 11 is 6.35. The van der Waals surface area contributed by atoms with E-state index in [2.05, 4.69) is 10.3 Å². The number of nitrogens with one attached hydrogen (secondary N) is 3.